The fourth-order valence-corrected chi connectivity index (χ4v) is 0.853. The second-order valence-corrected chi connectivity index (χ2v) is 2.38. The van der Waals surface area contributed by atoms with Crippen molar-refractivity contribution in [3.8, 4) is 0 Å². The minimum atomic E-state index is -1.50. The number of hydrogen-bond donors (Lipinski definition) is 2. The van der Waals surface area contributed by atoms with E-state index in [-0.39, 0.29) is 0 Å². The second kappa shape index (κ2) is 6.89. The molecule has 1 aromatic rings. The predicted molar refractivity (Wildman–Crippen MR) is 53.3 cm³/mol. The van der Waals surface area contributed by atoms with E-state index in [0.29, 0.717) is 0 Å². The van der Waals surface area contributed by atoms with Crippen LogP contribution in [-0.4, -0.2) is 11.9 Å². The van der Waals surface area contributed by atoms with Crippen molar-refractivity contribution in [3.63, 3.8) is 0 Å². The molecule has 0 aliphatic rings. The van der Waals surface area contributed by atoms with Crippen LogP contribution in [0.3, 0.4) is 0 Å². The van der Waals surface area contributed by atoms with Gasteiger partial charge >= 0.3 is 0 Å². The molecular weight excluding hydrogens is 173 g/mol. The molecule has 0 aliphatic heterocycles. The maximum Gasteiger partial charge on any atom is 0.177 e. The van der Waals surface area contributed by atoms with E-state index in [0.717, 1.165) is 0 Å². The van der Waals surface area contributed by atoms with Crippen LogP contribution in [0.4, 0.5) is 5.69 Å². The lowest BCUT2D eigenvalue weighted by Crippen LogP contribution is -1.89. The predicted octanol–water partition coefficient (Wildman–Crippen LogP) is 1.69. The highest BCUT2D eigenvalue weighted by molar-refractivity contribution is 7.16. The summed E-state index contributed by atoms with van der Waals surface area (Å²) in [5.74, 6) is 0. The molecule has 4 heteroatoms. The summed E-state index contributed by atoms with van der Waals surface area (Å²) in [6.45, 7) is 2.09. The molecule has 0 aliphatic carbocycles. The van der Waals surface area contributed by atoms with Gasteiger partial charge < -0.3 is 10.2 Å². The maximum atomic E-state index is 8.57. The fourth-order valence-electron chi connectivity index (χ4n) is 0.853. The Kier molecular flexibility index (Phi) is 6.44. The van der Waals surface area contributed by atoms with E-state index < -0.39 is 8.69 Å². The molecule has 0 aromatic heterocycles. The Balaban J connectivity index is 0.000000354. The van der Waals surface area contributed by atoms with E-state index in [1.54, 1.807) is 0 Å². The summed E-state index contributed by atoms with van der Waals surface area (Å²) < 4.78 is 8.57. The van der Waals surface area contributed by atoms with Crippen molar-refractivity contribution < 1.29 is 9.46 Å². The standard InChI is InChI=1S/C8H11N.H3O2P/c1-7-5-3-4-6-8(7)9-2;1-3-2/h3-6,9H,1-2H3;3H2,(H,1,2). The molecule has 0 bridgehead atoms. The summed E-state index contributed by atoms with van der Waals surface area (Å²) in [4.78, 5) is 7.10. The Morgan fingerprint density at radius 3 is 2.25 bits per heavy atom. The third-order valence-corrected chi connectivity index (χ3v) is 1.41. The molecule has 3 nitrogen and oxygen atoms in total. The van der Waals surface area contributed by atoms with Crippen LogP contribution in [0.15, 0.2) is 24.3 Å². The topological polar surface area (TPSA) is 49.3 Å². The van der Waals surface area contributed by atoms with E-state index in [9.17, 15) is 0 Å². The molecule has 0 radical (unpaired) electrons. The zero-order valence-electron chi connectivity index (χ0n) is 7.24. The highest BCUT2D eigenvalue weighted by Crippen LogP contribution is 2.10. The van der Waals surface area contributed by atoms with Crippen molar-refractivity contribution in [2.24, 2.45) is 0 Å². The maximum absolute atomic E-state index is 8.57. The molecule has 12 heavy (non-hydrogen) atoms. The van der Waals surface area contributed by atoms with Gasteiger partial charge in [-0.25, -0.2) is 0 Å². The summed E-state index contributed by atoms with van der Waals surface area (Å²) in [7, 11) is 0.433. The summed E-state index contributed by atoms with van der Waals surface area (Å²) in [6, 6.07) is 8.22. The van der Waals surface area contributed by atoms with E-state index in [1.807, 2.05) is 19.2 Å². The van der Waals surface area contributed by atoms with Crippen molar-refractivity contribution in [1.29, 1.82) is 0 Å². The lowest BCUT2D eigenvalue weighted by molar-refractivity contribution is 0.524. The van der Waals surface area contributed by atoms with Crippen LogP contribution in [0.1, 0.15) is 5.56 Å². The zero-order chi connectivity index (χ0) is 9.40. The molecule has 0 saturated carbocycles. The smallest absolute Gasteiger partial charge is 0.177 e. The Labute approximate surface area is 73.7 Å². The molecule has 2 N–H and O–H groups in total. The zero-order valence-corrected chi connectivity index (χ0v) is 8.40. The quantitative estimate of drug-likeness (QED) is 0.658. The number of nitrogens with one attached hydrogen (secondary N) is 1. The van der Waals surface area contributed by atoms with E-state index in [4.69, 9.17) is 9.46 Å². The van der Waals surface area contributed by atoms with Crippen molar-refractivity contribution in [2.75, 3.05) is 12.4 Å². The van der Waals surface area contributed by atoms with Crippen LogP contribution in [0.5, 0.6) is 0 Å². The summed E-state index contributed by atoms with van der Waals surface area (Å²) in [6.07, 6.45) is 0. The number of anilines is 1. The molecule has 0 spiro atoms. The van der Waals surface area contributed by atoms with Crippen LogP contribution in [0.25, 0.3) is 0 Å². The van der Waals surface area contributed by atoms with Gasteiger partial charge in [0.05, 0.1) is 0 Å². The third kappa shape index (κ3) is 4.16. The van der Waals surface area contributed by atoms with Crippen LogP contribution in [0, 0.1) is 6.92 Å². The van der Waals surface area contributed by atoms with Gasteiger partial charge in [-0.3, -0.25) is 4.57 Å². The monoisotopic (exact) mass is 187 g/mol. The van der Waals surface area contributed by atoms with Gasteiger partial charge in [0.15, 0.2) is 8.69 Å². The SMILES string of the molecule is CNc1ccccc1C.O=[PH2]O. The minimum absolute atomic E-state index is 1.21. The Hall–Kier alpha value is -0.790. The van der Waals surface area contributed by atoms with Gasteiger partial charge in [-0.05, 0) is 18.6 Å². The number of aryl methyl sites for hydroxylation is 1. The average molecular weight is 187 g/mol. The van der Waals surface area contributed by atoms with E-state index >= 15 is 0 Å². The second-order valence-electron chi connectivity index (χ2n) is 2.17. The van der Waals surface area contributed by atoms with Crippen molar-refractivity contribution in [2.45, 2.75) is 6.92 Å². The van der Waals surface area contributed by atoms with Crippen LogP contribution in [0.2, 0.25) is 0 Å². The number of hydrogen-bond acceptors (Lipinski definition) is 2. The molecular formula is C8H14NO2P. The normalized spacial score (nSPS) is 9.25. The summed E-state index contributed by atoms with van der Waals surface area (Å²) >= 11 is 0. The molecule has 68 valence electrons. The van der Waals surface area contributed by atoms with Crippen molar-refractivity contribution >= 4 is 14.4 Å². The molecule has 0 amide bonds. The van der Waals surface area contributed by atoms with Gasteiger partial charge in [-0.2, -0.15) is 0 Å². The average Bonchev–Trinajstić information content (AvgIpc) is 2.07. The first-order chi connectivity index (χ1) is 5.76. The van der Waals surface area contributed by atoms with Gasteiger partial charge in [-0.15, -0.1) is 0 Å². The molecule has 1 rings (SSSR count). The Morgan fingerprint density at radius 1 is 1.42 bits per heavy atom. The summed E-state index contributed by atoms with van der Waals surface area (Å²) in [5, 5.41) is 3.10. The van der Waals surface area contributed by atoms with Gasteiger partial charge in [0.1, 0.15) is 0 Å². The lowest BCUT2D eigenvalue weighted by atomic mass is 10.2. The first-order valence-corrected chi connectivity index (χ1v) is 4.56. The van der Waals surface area contributed by atoms with Gasteiger partial charge in [-0.1, -0.05) is 18.2 Å². The third-order valence-electron chi connectivity index (χ3n) is 1.41. The van der Waals surface area contributed by atoms with Gasteiger partial charge in [0.25, 0.3) is 0 Å². The molecule has 1 unspecified atom stereocenters. The number of para-hydroxylation sites is 1. The summed E-state index contributed by atoms with van der Waals surface area (Å²) in [5.41, 5.74) is 2.50. The van der Waals surface area contributed by atoms with E-state index in [2.05, 4.69) is 24.4 Å². The highest BCUT2D eigenvalue weighted by Gasteiger charge is 1.88. The van der Waals surface area contributed by atoms with Gasteiger partial charge in [0.2, 0.25) is 0 Å². The fraction of sp³-hybridized carbons (Fsp3) is 0.250. The number of rotatable bonds is 1. The highest BCUT2D eigenvalue weighted by atomic mass is 31.1. The Morgan fingerprint density at radius 2 is 1.92 bits per heavy atom. The lowest BCUT2D eigenvalue weighted by Gasteiger charge is -2.01. The largest absolute Gasteiger partial charge is 0.388 e. The minimum Gasteiger partial charge on any atom is -0.388 e. The molecule has 0 fully saturated rings. The van der Waals surface area contributed by atoms with Crippen LogP contribution < -0.4 is 5.32 Å². The molecule has 0 heterocycles. The van der Waals surface area contributed by atoms with Crippen LogP contribution in [-0.2, 0) is 4.57 Å². The van der Waals surface area contributed by atoms with Gasteiger partial charge in [0, 0.05) is 12.7 Å². The van der Waals surface area contributed by atoms with Crippen molar-refractivity contribution in [3.05, 3.63) is 29.8 Å². The molecule has 1 aromatic carbocycles. The van der Waals surface area contributed by atoms with E-state index in [1.165, 1.54) is 11.3 Å². The Bertz CT molecular complexity index is 240. The molecule has 1 atom stereocenters. The number of benzene rings is 1. The first kappa shape index (κ1) is 11.2. The van der Waals surface area contributed by atoms with Crippen LogP contribution >= 0.6 is 8.69 Å². The molecule has 0 saturated heterocycles. The first-order valence-electron chi connectivity index (χ1n) is 3.57. The van der Waals surface area contributed by atoms with Crippen molar-refractivity contribution in [1.82, 2.24) is 0 Å².